The maximum Gasteiger partial charge on any atom is 0.261 e. The van der Waals surface area contributed by atoms with E-state index in [1.54, 1.807) is 12.3 Å². The number of aromatic nitrogens is 1. The van der Waals surface area contributed by atoms with Crippen molar-refractivity contribution in [2.75, 3.05) is 6.54 Å². The fourth-order valence-electron chi connectivity index (χ4n) is 3.27. The summed E-state index contributed by atoms with van der Waals surface area (Å²) < 4.78 is 5.03. The number of amides is 2. The lowest BCUT2D eigenvalue weighted by molar-refractivity contribution is 0.0737. The van der Waals surface area contributed by atoms with E-state index in [9.17, 15) is 9.59 Å². The number of pyridine rings is 1. The molecule has 3 aromatic heterocycles. The smallest absolute Gasteiger partial charge is 0.261 e. The number of rotatable bonds is 5. The summed E-state index contributed by atoms with van der Waals surface area (Å²) in [5, 5.41) is 2.89. The van der Waals surface area contributed by atoms with Crippen molar-refractivity contribution in [3.05, 3.63) is 76.1 Å². The molecule has 0 spiro atoms. The van der Waals surface area contributed by atoms with Crippen molar-refractivity contribution in [3.63, 3.8) is 0 Å². The van der Waals surface area contributed by atoms with E-state index in [-0.39, 0.29) is 17.9 Å². The van der Waals surface area contributed by atoms with Crippen LogP contribution >= 0.6 is 11.3 Å². The molecule has 6 nitrogen and oxygen atoms in total. The Bertz CT molecular complexity index is 921. The molecule has 0 aliphatic carbocycles. The highest BCUT2D eigenvalue weighted by atomic mass is 32.1. The zero-order valence-electron chi connectivity index (χ0n) is 14.6. The Kier molecular flexibility index (Phi) is 5.02. The summed E-state index contributed by atoms with van der Waals surface area (Å²) in [6.07, 6.45) is 6.54. The normalized spacial score (nSPS) is 16.4. The monoisotopic (exact) mass is 381 g/mol. The molecule has 0 aromatic carbocycles. The van der Waals surface area contributed by atoms with Crippen LogP contribution in [0.1, 0.15) is 49.5 Å². The van der Waals surface area contributed by atoms with E-state index in [4.69, 9.17) is 4.42 Å². The SMILES string of the molecule is O=C(NCc1ccccn1)c1ccc(C2CCCN2C(=O)c2ccoc2)s1. The zero-order valence-corrected chi connectivity index (χ0v) is 15.4. The number of hydrogen-bond donors (Lipinski definition) is 1. The third kappa shape index (κ3) is 3.78. The second kappa shape index (κ2) is 7.75. The van der Waals surface area contributed by atoms with Crippen molar-refractivity contribution in [1.29, 1.82) is 0 Å². The molecule has 1 unspecified atom stereocenters. The highest BCUT2D eigenvalue weighted by Gasteiger charge is 2.32. The molecule has 4 heterocycles. The fourth-order valence-corrected chi connectivity index (χ4v) is 4.34. The Hall–Kier alpha value is -2.93. The average molecular weight is 381 g/mol. The van der Waals surface area contributed by atoms with Crippen LogP contribution < -0.4 is 5.32 Å². The molecule has 1 aliphatic rings. The molecular weight excluding hydrogens is 362 g/mol. The van der Waals surface area contributed by atoms with Gasteiger partial charge in [0.15, 0.2) is 0 Å². The minimum Gasteiger partial charge on any atom is -0.472 e. The molecule has 1 aliphatic heterocycles. The first kappa shape index (κ1) is 17.5. The van der Waals surface area contributed by atoms with Gasteiger partial charge in [0.1, 0.15) is 6.26 Å². The van der Waals surface area contributed by atoms with Crippen LogP contribution in [0.4, 0.5) is 0 Å². The molecule has 4 rings (SSSR count). The Balaban J connectivity index is 1.43. The van der Waals surface area contributed by atoms with Gasteiger partial charge >= 0.3 is 0 Å². The lowest BCUT2D eigenvalue weighted by atomic mass is 10.1. The fraction of sp³-hybridized carbons (Fsp3) is 0.250. The molecule has 0 saturated carbocycles. The standard InChI is InChI=1S/C20H19N3O3S/c24-19(22-12-15-4-1-2-9-21-15)18-7-6-17(27-18)16-5-3-10-23(16)20(25)14-8-11-26-13-14/h1-2,4,6-9,11,13,16H,3,5,10,12H2,(H,22,24). The lowest BCUT2D eigenvalue weighted by Gasteiger charge is -2.23. The average Bonchev–Trinajstić information content (AvgIpc) is 3.47. The number of thiophene rings is 1. The molecular formula is C20H19N3O3S. The number of carbonyl (C=O) groups is 2. The Labute approximate surface area is 160 Å². The van der Waals surface area contributed by atoms with Gasteiger partial charge in [0.05, 0.1) is 35.0 Å². The highest BCUT2D eigenvalue weighted by molar-refractivity contribution is 7.14. The number of carbonyl (C=O) groups excluding carboxylic acids is 2. The Morgan fingerprint density at radius 1 is 1.26 bits per heavy atom. The van der Waals surface area contributed by atoms with Crippen molar-refractivity contribution < 1.29 is 14.0 Å². The summed E-state index contributed by atoms with van der Waals surface area (Å²) in [6, 6.07) is 11.1. The molecule has 7 heteroatoms. The van der Waals surface area contributed by atoms with E-state index in [2.05, 4.69) is 10.3 Å². The number of hydrogen-bond acceptors (Lipinski definition) is 5. The van der Waals surface area contributed by atoms with Crippen LogP contribution in [0.15, 0.2) is 59.5 Å². The van der Waals surface area contributed by atoms with Crippen LogP contribution in [0, 0.1) is 0 Å². The predicted octanol–water partition coefficient (Wildman–Crippen LogP) is 3.64. The number of nitrogens with zero attached hydrogens (tertiary/aromatic N) is 2. The summed E-state index contributed by atoms with van der Waals surface area (Å²) in [5.74, 6) is -0.150. The summed E-state index contributed by atoms with van der Waals surface area (Å²) in [7, 11) is 0. The summed E-state index contributed by atoms with van der Waals surface area (Å²) >= 11 is 1.44. The van der Waals surface area contributed by atoms with Gasteiger partial charge in [0.25, 0.3) is 11.8 Å². The van der Waals surface area contributed by atoms with Gasteiger partial charge in [0.2, 0.25) is 0 Å². The topological polar surface area (TPSA) is 75.4 Å². The molecule has 3 aromatic rings. The van der Waals surface area contributed by atoms with E-state index < -0.39 is 0 Å². The Morgan fingerprint density at radius 2 is 2.19 bits per heavy atom. The van der Waals surface area contributed by atoms with Crippen LogP contribution in [0.5, 0.6) is 0 Å². The minimum atomic E-state index is -0.123. The van der Waals surface area contributed by atoms with E-state index in [1.807, 2.05) is 35.2 Å². The van der Waals surface area contributed by atoms with Crippen LogP contribution in [-0.2, 0) is 6.54 Å². The maximum atomic E-state index is 12.7. The first-order chi connectivity index (χ1) is 13.2. The van der Waals surface area contributed by atoms with E-state index >= 15 is 0 Å². The van der Waals surface area contributed by atoms with Crippen LogP contribution in [-0.4, -0.2) is 28.2 Å². The zero-order chi connectivity index (χ0) is 18.6. The highest BCUT2D eigenvalue weighted by Crippen LogP contribution is 2.36. The van der Waals surface area contributed by atoms with Crippen molar-refractivity contribution >= 4 is 23.2 Å². The first-order valence-electron chi connectivity index (χ1n) is 8.83. The molecule has 27 heavy (non-hydrogen) atoms. The molecule has 1 N–H and O–H groups in total. The number of likely N-dealkylation sites (tertiary alicyclic amines) is 1. The van der Waals surface area contributed by atoms with Gasteiger partial charge in [-0.15, -0.1) is 11.3 Å². The van der Waals surface area contributed by atoms with Gasteiger partial charge in [-0.2, -0.15) is 0 Å². The molecule has 2 amide bonds. The van der Waals surface area contributed by atoms with Crippen molar-refractivity contribution in [1.82, 2.24) is 15.2 Å². The number of furan rings is 1. The van der Waals surface area contributed by atoms with Crippen molar-refractivity contribution in [3.8, 4) is 0 Å². The van der Waals surface area contributed by atoms with Gasteiger partial charge < -0.3 is 14.6 Å². The molecule has 1 atom stereocenters. The van der Waals surface area contributed by atoms with Crippen LogP contribution in [0.3, 0.4) is 0 Å². The van der Waals surface area contributed by atoms with Crippen LogP contribution in [0.2, 0.25) is 0 Å². The van der Waals surface area contributed by atoms with Gasteiger partial charge in [-0.05, 0) is 43.2 Å². The predicted molar refractivity (Wildman–Crippen MR) is 101 cm³/mol. The molecule has 1 fully saturated rings. The molecule has 138 valence electrons. The number of nitrogens with one attached hydrogen (secondary N) is 1. The summed E-state index contributed by atoms with van der Waals surface area (Å²) in [5.41, 5.74) is 1.38. The van der Waals surface area contributed by atoms with Crippen molar-refractivity contribution in [2.24, 2.45) is 0 Å². The third-order valence-electron chi connectivity index (χ3n) is 4.62. The summed E-state index contributed by atoms with van der Waals surface area (Å²) in [4.78, 5) is 32.9. The Morgan fingerprint density at radius 3 is 2.96 bits per heavy atom. The second-order valence-corrected chi connectivity index (χ2v) is 7.49. The summed E-state index contributed by atoms with van der Waals surface area (Å²) in [6.45, 7) is 1.11. The van der Waals surface area contributed by atoms with E-state index in [1.165, 1.54) is 23.9 Å². The van der Waals surface area contributed by atoms with E-state index in [0.717, 1.165) is 23.4 Å². The minimum absolute atomic E-state index is 0.00902. The second-order valence-electron chi connectivity index (χ2n) is 6.37. The van der Waals surface area contributed by atoms with Gasteiger partial charge in [-0.3, -0.25) is 14.6 Å². The van der Waals surface area contributed by atoms with Gasteiger partial charge in [-0.1, -0.05) is 6.07 Å². The first-order valence-corrected chi connectivity index (χ1v) is 9.65. The van der Waals surface area contributed by atoms with Crippen molar-refractivity contribution in [2.45, 2.75) is 25.4 Å². The van der Waals surface area contributed by atoms with Gasteiger partial charge in [0, 0.05) is 17.6 Å². The van der Waals surface area contributed by atoms with Crippen LogP contribution in [0.25, 0.3) is 0 Å². The largest absolute Gasteiger partial charge is 0.472 e. The molecule has 0 bridgehead atoms. The maximum absolute atomic E-state index is 12.7. The van der Waals surface area contributed by atoms with E-state index in [0.29, 0.717) is 23.5 Å². The molecule has 0 radical (unpaired) electrons. The molecule has 1 saturated heterocycles. The third-order valence-corrected chi connectivity index (χ3v) is 5.80. The quantitative estimate of drug-likeness (QED) is 0.732. The lowest BCUT2D eigenvalue weighted by Crippen LogP contribution is -2.29. The van der Waals surface area contributed by atoms with Gasteiger partial charge in [-0.25, -0.2) is 0 Å².